The Morgan fingerprint density at radius 1 is 0.506 bits per heavy atom. The third kappa shape index (κ3) is 7.61. The second-order valence-electron chi connectivity index (χ2n) is 26.9. The second-order valence-corrected chi connectivity index (χ2v) is 26.9. The van der Waals surface area contributed by atoms with Gasteiger partial charge < -0.3 is 19.0 Å². The van der Waals surface area contributed by atoms with Gasteiger partial charge in [0, 0.05) is 50.8 Å². The summed E-state index contributed by atoms with van der Waals surface area (Å²) in [6.45, 7) is 19.0. The van der Waals surface area contributed by atoms with E-state index >= 15 is 0 Å². The van der Waals surface area contributed by atoms with Gasteiger partial charge in [-0.1, -0.05) is 216 Å². The molecule has 5 aliphatic rings. The van der Waals surface area contributed by atoms with E-state index in [1.807, 2.05) is 0 Å². The zero-order chi connectivity index (χ0) is 60.2. The van der Waals surface area contributed by atoms with Crippen LogP contribution in [0.5, 0.6) is 0 Å². The highest BCUT2D eigenvalue weighted by Gasteiger charge is 2.56. The molecule has 0 radical (unpaired) electrons. The molecule has 5 heteroatoms. The van der Waals surface area contributed by atoms with E-state index in [4.69, 9.17) is 4.42 Å². The van der Waals surface area contributed by atoms with Crippen LogP contribution in [0.1, 0.15) is 94.2 Å². The Hall–Kier alpha value is -9.84. The van der Waals surface area contributed by atoms with Crippen molar-refractivity contribution in [3.63, 3.8) is 0 Å². The molecule has 11 aromatic carbocycles. The predicted octanol–water partition coefficient (Wildman–Crippen LogP) is 21.5. The SMILES string of the molecule is CCC1=C(/C=C(\C)N2B3c4cccc5c4N(c4ccccc4C54c5ccccc5-c5ccccc54)c4cc(N(c5ccc(-c6ccccc6)cc5C)c5ccc(-c6ccccc6)cc5C)cc(c43)-c3ccc4oc5ccccc5c4c32)C(C)(C)CCC1(C)C. The van der Waals surface area contributed by atoms with E-state index in [2.05, 4.69) is 313 Å². The standard InChI is InChI=1S/C84H70BN3O/c1-9-65-70(83(7,8)46-45-82(65,5)6)49-54(4)88-80-62(41-44-77-78(80)63-31-18-23-38-76(63)89-77)64-50-59(86(72-42-39-57(47-52(72)2)55-25-12-10-13-26-55)73-43-40-58(48-53(73)3)56-27-14-11-15-28-56)51-75-79(64)85(88)71-36-24-35-69-81(71)87(75)74-37-22-21-34-68(74)84(69)66-32-19-16-29-60(66)61-30-17-20-33-67(61)84/h10-44,47-51H,9,45-46H2,1-8H3/b54-49+. The Morgan fingerprint density at radius 3 is 1.74 bits per heavy atom. The van der Waals surface area contributed by atoms with Gasteiger partial charge in [-0.15, -0.1) is 0 Å². The van der Waals surface area contributed by atoms with Gasteiger partial charge in [0.1, 0.15) is 11.2 Å². The van der Waals surface area contributed by atoms with Crippen molar-refractivity contribution in [2.24, 2.45) is 10.8 Å². The molecule has 89 heavy (non-hydrogen) atoms. The molecule has 0 saturated heterocycles. The van der Waals surface area contributed by atoms with Crippen LogP contribution in [0.4, 0.5) is 39.8 Å². The average molecular weight is 1150 g/mol. The highest BCUT2D eigenvalue weighted by molar-refractivity contribution is 6.93. The van der Waals surface area contributed by atoms with Gasteiger partial charge in [-0.2, -0.15) is 0 Å². The number of hydrogen-bond donors (Lipinski definition) is 0. The molecular formula is C84H70BN3O. The normalized spacial score (nSPS) is 16.0. The molecule has 4 heterocycles. The summed E-state index contributed by atoms with van der Waals surface area (Å²) in [6, 6.07) is 89.3. The molecule has 0 saturated carbocycles. The van der Waals surface area contributed by atoms with Crippen LogP contribution in [-0.4, -0.2) is 6.85 Å². The highest BCUT2D eigenvalue weighted by atomic mass is 16.3. The molecule has 1 aromatic heterocycles. The number of benzene rings is 11. The topological polar surface area (TPSA) is 22.9 Å². The third-order valence-corrected chi connectivity index (χ3v) is 21.1. The Bertz CT molecular complexity index is 4890. The molecule has 17 rings (SSSR count). The number of fused-ring (bicyclic) bond motifs is 17. The average Bonchev–Trinajstić information content (AvgIpc) is 1.66. The first kappa shape index (κ1) is 53.4. The lowest BCUT2D eigenvalue weighted by Gasteiger charge is -2.52. The molecule has 2 aliphatic carbocycles. The second kappa shape index (κ2) is 19.6. The minimum absolute atomic E-state index is 0.0278. The summed E-state index contributed by atoms with van der Waals surface area (Å²) in [5.74, 6) is 0. The first-order chi connectivity index (χ1) is 43.4. The zero-order valence-electron chi connectivity index (χ0n) is 52.0. The van der Waals surface area contributed by atoms with E-state index in [9.17, 15) is 0 Å². The van der Waals surface area contributed by atoms with E-state index in [1.54, 1.807) is 5.57 Å². The Labute approximate surface area is 523 Å². The van der Waals surface area contributed by atoms with Crippen molar-refractivity contribution >= 4 is 79.5 Å². The minimum atomic E-state index is -0.611. The molecule has 0 amide bonds. The summed E-state index contributed by atoms with van der Waals surface area (Å²) < 4.78 is 7.00. The number of aryl methyl sites for hydroxylation is 2. The number of rotatable bonds is 8. The molecule has 430 valence electrons. The summed E-state index contributed by atoms with van der Waals surface area (Å²) in [7, 11) is 0. The number of furan rings is 1. The number of para-hydroxylation sites is 3. The summed E-state index contributed by atoms with van der Waals surface area (Å²) in [5, 5.41) is 2.26. The quantitative estimate of drug-likeness (QED) is 0.141. The summed E-state index contributed by atoms with van der Waals surface area (Å²) in [4.78, 5) is 8.04. The van der Waals surface area contributed by atoms with Crippen molar-refractivity contribution in [2.45, 2.75) is 80.1 Å². The molecule has 0 bridgehead atoms. The lowest BCUT2D eigenvalue weighted by Crippen LogP contribution is -2.63. The molecule has 0 atom stereocenters. The van der Waals surface area contributed by atoms with Crippen LogP contribution < -0.4 is 25.5 Å². The van der Waals surface area contributed by atoms with E-state index < -0.39 is 5.41 Å². The van der Waals surface area contributed by atoms with Crippen molar-refractivity contribution in [3.8, 4) is 44.5 Å². The van der Waals surface area contributed by atoms with Crippen LogP contribution in [0.3, 0.4) is 0 Å². The van der Waals surface area contributed by atoms with Crippen LogP contribution in [-0.2, 0) is 5.41 Å². The predicted molar refractivity (Wildman–Crippen MR) is 375 cm³/mol. The fourth-order valence-electron chi connectivity index (χ4n) is 17.1. The first-order valence-electron chi connectivity index (χ1n) is 32.0. The first-order valence-corrected chi connectivity index (χ1v) is 32.0. The van der Waals surface area contributed by atoms with Crippen molar-refractivity contribution < 1.29 is 4.42 Å². The fourth-order valence-corrected chi connectivity index (χ4v) is 17.1. The third-order valence-electron chi connectivity index (χ3n) is 21.1. The van der Waals surface area contributed by atoms with Crippen LogP contribution in [0.25, 0.3) is 66.4 Å². The molecule has 0 N–H and O–H groups in total. The highest BCUT2D eigenvalue weighted by Crippen LogP contribution is 2.65. The van der Waals surface area contributed by atoms with Gasteiger partial charge in [0.2, 0.25) is 0 Å². The Kier molecular flexibility index (Phi) is 11.8. The van der Waals surface area contributed by atoms with Gasteiger partial charge in [-0.05, 0) is 206 Å². The van der Waals surface area contributed by atoms with Crippen molar-refractivity contribution in [2.75, 3.05) is 14.6 Å². The number of hydrogen-bond acceptors (Lipinski definition) is 4. The lowest BCUT2D eigenvalue weighted by molar-refractivity contribution is 0.261. The summed E-state index contributed by atoms with van der Waals surface area (Å²) in [6.07, 6.45) is 5.92. The van der Waals surface area contributed by atoms with Gasteiger partial charge in [-0.3, -0.25) is 0 Å². The van der Waals surface area contributed by atoms with Crippen molar-refractivity contribution in [3.05, 3.63) is 293 Å². The maximum atomic E-state index is 7.00. The maximum absolute atomic E-state index is 7.00. The fraction of sp³-hybridized carbons (Fsp3) is 0.167. The molecule has 12 aromatic rings. The van der Waals surface area contributed by atoms with Gasteiger partial charge in [-0.25, -0.2) is 0 Å². The van der Waals surface area contributed by atoms with Gasteiger partial charge in [0.05, 0.1) is 16.5 Å². The van der Waals surface area contributed by atoms with Gasteiger partial charge in [0.25, 0.3) is 0 Å². The van der Waals surface area contributed by atoms with Crippen LogP contribution in [0, 0.1) is 24.7 Å². The van der Waals surface area contributed by atoms with Gasteiger partial charge >= 0.3 is 6.85 Å². The molecule has 0 unspecified atom stereocenters. The van der Waals surface area contributed by atoms with E-state index in [0.29, 0.717) is 0 Å². The monoisotopic (exact) mass is 1150 g/mol. The van der Waals surface area contributed by atoms with E-state index in [0.717, 1.165) is 51.8 Å². The number of anilines is 7. The number of nitrogens with zero attached hydrogens (tertiary/aromatic N) is 3. The molecule has 4 nitrogen and oxygen atoms in total. The largest absolute Gasteiger partial charge is 0.456 e. The van der Waals surface area contributed by atoms with Crippen molar-refractivity contribution in [1.29, 1.82) is 0 Å². The molecule has 1 spiro atoms. The Balaban J connectivity index is 1.02. The van der Waals surface area contributed by atoms with Crippen LogP contribution in [0.15, 0.2) is 264 Å². The van der Waals surface area contributed by atoms with Gasteiger partial charge in [0.15, 0.2) is 0 Å². The van der Waals surface area contributed by atoms with Crippen LogP contribution in [0.2, 0.25) is 0 Å². The zero-order valence-corrected chi connectivity index (χ0v) is 52.0. The van der Waals surface area contributed by atoms with Crippen molar-refractivity contribution in [1.82, 2.24) is 0 Å². The number of allylic oxidation sites excluding steroid dienone is 4. The lowest BCUT2D eigenvalue weighted by atomic mass is 9.42. The maximum Gasteiger partial charge on any atom is 0.332 e. The Morgan fingerprint density at radius 2 is 1.09 bits per heavy atom. The molecular weight excluding hydrogens is 1080 g/mol. The summed E-state index contributed by atoms with van der Waals surface area (Å²) >= 11 is 0. The van der Waals surface area contributed by atoms with E-state index in [-0.39, 0.29) is 17.7 Å². The smallest absolute Gasteiger partial charge is 0.332 e. The molecule has 0 fully saturated rings. The van der Waals surface area contributed by atoms with E-state index in [1.165, 1.54) is 129 Å². The summed E-state index contributed by atoms with van der Waals surface area (Å²) in [5.41, 5.74) is 33.6. The van der Waals surface area contributed by atoms with Crippen LogP contribution >= 0.6 is 0 Å². The molecule has 3 aliphatic heterocycles. The minimum Gasteiger partial charge on any atom is -0.456 e.